The van der Waals surface area contributed by atoms with Crippen LogP contribution < -0.4 is 14.6 Å². The zero-order chi connectivity index (χ0) is 16.8. The molecule has 1 aliphatic rings. The van der Waals surface area contributed by atoms with E-state index in [1.165, 1.54) is 0 Å². The summed E-state index contributed by atoms with van der Waals surface area (Å²) >= 11 is 0. The minimum atomic E-state index is 0.0713. The molecular formula is C19H22N3O2+. The third kappa shape index (κ3) is 3.74. The minimum absolute atomic E-state index is 0.0713. The first-order valence-corrected chi connectivity index (χ1v) is 8.12. The van der Waals surface area contributed by atoms with E-state index in [1.807, 2.05) is 47.5 Å². The number of pyridine rings is 1. The van der Waals surface area contributed by atoms with E-state index in [2.05, 4.69) is 22.5 Å². The number of aromatic nitrogens is 1. The molecule has 124 valence electrons. The highest BCUT2D eigenvalue weighted by Gasteiger charge is 2.26. The number of ether oxygens (including phenoxy) is 1. The van der Waals surface area contributed by atoms with Crippen LogP contribution in [0, 0.1) is 0 Å². The Labute approximate surface area is 142 Å². The molecule has 1 saturated heterocycles. The third-order valence-corrected chi connectivity index (χ3v) is 4.07. The number of hydrogen-bond acceptors (Lipinski definition) is 3. The summed E-state index contributed by atoms with van der Waals surface area (Å²) in [6.07, 6.45) is 3.62. The van der Waals surface area contributed by atoms with Gasteiger partial charge >= 0.3 is 0 Å². The smallest absolute Gasteiger partial charge is 0.274 e. The SMILES string of the molecule is C=CCOc1ccc(C(=O)N2CCN(c3cccc[nH+]3)CC2)cc1. The molecule has 1 aliphatic heterocycles. The lowest BCUT2D eigenvalue weighted by Gasteiger charge is -2.31. The molecule has 1 fully saturated rings. The van der Waals surface area contributed by atoms with Gasteiger partial charge in [0.1, 0.15) is 25.4 Å². The first kappa shape index (κ1) is 16.1. The molecule has 0 saturated carbocycles. The van der Waals surface area contributed by atoms with Crippen molar-refractivity contribution in [3.63, 3.8) is 0 Å². The van der Waals surface area contributed by atoms with Crippen LogP contribution in [0.3, 0.4) is 0 Å². The number of amides is 1. The van der Waals surface area contributed by atoms with Crippen LogP contribution in [0.5, 0.6) is 5.75 Å². The van der Waals surface area contributed by atoms with Crippen molar-refractivity contribution >= 4 is 11.7 Å². The maximum absolute atomic E-state index is 12.6. The van der Waals surface area contributed by atoms with Crippen molar-refractivity contribution in [2.24, 2.45) is 0 Å². The number of hydrogen-bond donors (Lipinski definition) is 0. The van der Waals surface area contributed by atoms with Crippen molar-refractivity contribution in [2.45, 2.75) is 0 Å². The maximum Gasteiger partial charge on any atom is 0.274 e. The molecular weight excluding hydrogens is 302 g/mol. The van der Waals surface area contributed by atoms with Gasteiger partial charge in [-0.1, -0.05) is 18.7 Å². The van der Waals surface area contributed by atoms with Crippen LogP contribution in [0.4, 0.5) is 5.82 Å². The fourth-order valence-electron chi connectivity index (χ4n) is 2.76. The molecule has 24 heavy (non-hydrogen) atoms. The first-order valence-electron chi connectivity index (χ1n) is 8.12. The Kier molecular flexibility index (Phi) is 5.11. The Morgan fingerprint density at radius 2 is 1.88 bits per heavy atom. The monoisotopic (exact) mass is 324 g/mol. The van der Waals surface area contributed by atoms with Crippen molar-refractivity contribution in [1.82, 2.24) is 4.90 Å². The molecule has 0 bridgehead atoms. The lowest BCUT2D eigenvalue weighted by molar-refractivity contribution is -0.364. The largest absolute Gasteiger partial charge is 0.490 e. The van der Waals surface area contributed by atoms with E-state index in [9.17, 15) is 4.79 Å². The summed E-state index contributed by atoms with van der Waals surface area (Å²) < 4.78 is 5.45. The minimum Gasteiger partial charge on any atom is -0.490 e. The normalized spacial score (nSPS) is 14.3. The van der Waals surface area contributed by atoms with E-state index in [1.54, 1.807) is 6.08 Å². The van der Waals surface area contributed by atoms with Crippen molar-refractivity contribution < 1.29 is 14.5 Å². The second-order valence-corrected chi connectivity index (χ2v) is 5.65. The van der Waals surface area contributed by atoms with Gasteiger partial charge in [-0.3, -0.25) is 9.69 Å². The van der Waals surface area contributed by atoms with Gasteiger partial charge in [-0.2, -0.15) is 0 Å². The number of H-pyrrole nitrogens is 1. The van der Waals surface area contributed by atoms with E-state index in [0.29, 0.717) is 12.2 Å². The van der Waals surface area contributed by atoms with E-state index in [-0.39, 0.29) is 5.91 Å². The van der Waals surface area contributed by atoms with E-state index >= 15 is 0 Å². The molecule has 5 nitrogen and oxygen atoms in total. The van der Waals surface area contributed by atoms with E-state index in [0.717, 1.165) is 37.7 Å². The van der Waals surface area contributed by atoms with Gasteiger partial charge in [0.2, 0.25) is 0 Å². The van der Waals surface area contributed by atoms with Crippen molar-refractivity contribution in [3.05, 3.63) is 66.9 Å². The highest BCUT2D eigenvalue weighted by Crippen LogP contribution is 2.16. The number of benzene rings is 1. The fourth-order valence-corrected chi connectivity index (χ4v) is 2.76. The number of piperazine rings is 1. The lowest BCUT2D eigenvalue weighted by atomic mass is 10.1. The molecule has 1 aromatic carbocycles. The van der Waals surface area contributed by atoms with Crippen LogP contribution in [-0.4, -0.2) is 43.6 Å². The van der Waals surface area contributed by atoms with Gasteiger partial charge in [-0.05, 0) is 30.3 Å². The highest BCUT2D eigenvalue weighted by atomic mass is 16.5. The van der Waals surface area contributed by atoms with Crippen LogP contribution in [0.15, 0.2) is 61.3 Å². The summed E-state index contributed by atoms with van der Waals surface area (Å²) in [4.78, 5) is 20.0. The second kappa shape index (κ2) is 7.64. The van der Waals surface area contributed by atoms with Gasteiger partial charge in [0.15, 0.2) is 0 Å². The number of carbonyl (C=O) groups is 1. The Hall–Kier alpha value is -2.82. The summed E-state index contributed by atoms with van der Waals surface area (Å²) in [6, 6.07) is 13.3. The maximum atomic E-state index is 12.6. The van der Waals surface area contributed by atoms with Gasteiger partial charge in [-0.25, -0.2) is 4.98 Å². The van der Waals surface area contributed by atoms with Crippen LogP contribution in [0.2, 0.25) is 0 Å². The standard InChI is InChI=1S/C19H21N3O2/c1-2-15-24-17-8-6-16(7-9-17)19(23)22-13-11-21(12-14-22)18-5-3-4-10-20-18/h2-10H,1,11-15H2/p+1. The summed E-state index contributed by atoms with van der Waals surface area (Å²) in [6.45, 7) is 7.17. The van der Waals surface area contributed by atoms with Crippen molar-refractivity contribution in [3.8, 4) is 5.75 Å². The Balaban J connectivity index is 1.58. The van der Waals surface area contributed by atoms with E-state index < -0.39 is 0 Å². The molecule has 0 aliphatic carbocycles. The number of aromatic amines is 1. The van der Waals surface area contributed by atoms with Crippen LogP contribution >= 0.6 is 0 Å². The quantitative estimate of drug-likeness (QED) is 0.791. The molecule has 0 radical (unpaired) electrons. The Morgan fingerprint density at radius 1 is 1.12 bits per heavy atom. The van der Waals surface area contributed by atoms with Gasteiger partial charge in [0.25, 0.3) is 11.7 Å². The molecule has 2 aromatic rings. The lowest BCUT2D eigenvalue weighted by Crippen LogP contribution is -2.50. The topological polar surface area (TPSA) is 46.9 Å². The molecule has 5 heteroatoms. The Morgan fingerprint density at radius 3 is 2.50 bits per heavy atom. The molecule has 1 N–H and O–H groups in total. The number of nitrogens with zero attached hydrogens (tertiary/aromatic N) is 2. The van der Waals surface area contributed by atoms with Gasteiger partial charge in [0.05, 0.1) is 19.3 Å². The number of rotatable bonds is 5. The average Bonchev–Trinajstić information content (AvgIpc) is 2.67. The predicted molar refractivity (Wildman–Crippen MR) is 93.2 cm³/mol. The summed E-state index contributed by atoms with van der Waals surface area (Å²) in [5, 5.41) is 0. The molecule has 0 atom stereocenters. The molecule has 0 spiro atoms. The Bertz CT molecular complexity index is 678. The number of nitrogens with one attached hydrogen (secondary N) is 1. The molecule has 1 amide bonds. The zero-order valence-corrected chi connectivity index (χ0v) is 13.6. The molecule has 2 heterocycles. The summed E-state index contributed by atoms with van der Waals surface area (Å²) in [5.41, 5.74) is 0.695. The zero-order valence-electron chi connectivity index (χ0n) is 13.6. The molecule has 0 unspecified atom stereocenters. The summed E-state index contributed by atoms with van der Waals surface area (Å²) in [7, 11) is 0. The van der Waals surface area contributed by atoms with Crippen molar-refractivity contribution in [1.29, 1.82) is 0 Å². The fraction of sp³-hybridized carbons (Fsp3) is 0.263. The predicted octanol–water partition coefficient (Wildman–Crippen LogP) is 2.03. The van der Waals surface area contributed by atoms with Gasteiger partial charge in [0, 0.05) is 11.6 Å². The number of anilines is 1. The first-order chi connectivity index (χ1) is 11.8. The number of carbonyl (C=O) groups excluding carboxylic acids is 1. The van der Waals surface area contributed by atoms with Gasteiger partial charge < -0.3 is 9.64 Å². The second-order valence-electron chi connectivity index (χ2n) is 5.65. The van der Waals surface area contributed by atoms with Crippen molar-refractivity contribution in [2.75, 3.05) is 37.7 Å². The molecule has 3 rings (SSSR count). The van der Waals surface area contributed by atoms with Gasteiger partial charge in [-0.15, -0.1) is 0 Å². The summed E-state index contributed by atoms with van der Waals surface area (Å²) in [5.74, 6) is 1.91. The van der Waals surface area contributed by atoms with Crippen LogP contribution in [0.25, 0.3) is 0 Å². The molecule has 1 aromatic heterocycles. The van der Waals surface area contributed by atoms with E-state index in [4.69, 9.17) is 4.74 Å². The highest BCUT2D eigenvalue weighted by molar-refractivity contribution is 5.94. The third-order valence-electron chi connectivity index (χ3n) is 4.07. The van der Waals surface area contributed by atoms with Crippen LogP contribution in [-0.2, 0) is 0 Å². The van der Waals surface area contributed by atoms with Crippen LogP contribution in [0.1, 0.15) is 10.4 Å². The average molecular weight is 324 g/mol.